The minimum atomic E-state index is 0.0480. The number of nitrogens with one attached hydrogen (secondary N) is 1. The molecule has 0 aliphatic carbocycles. The Hall–Kier alpha value is -1.78. The summed E-state index contributed by atoms with van der Waals surface area (Å²) >= 11 is 1.43. The van der Waals surface area contributed by atoms with Crippen LogP contribution < -0.4 is 5.32 Å². The van der Waals surface area contributed by atoms with Gasteiger partial charge in [-0.3, -0.25) is 4.79 Å². The van der Waals surface area contributed by atoms with Crippen LogP contribution in [-0.4, -0.2) is 29.7 Å². The fourth-order valence-electron chi connectivity index (χ4n) is 2.35. The molecule has 23 heavy (non-hydrogen) atoms. The van der Waals surface area contributed by atoms with Gasteiger partial charge in [0.2, 0.25) is 0 Å². The van der Waals surface area contributed by atoms with Gasteiger partial charge in [0.05, 0.1) is 6.54 Å². The lowest BCUT2D eigenvalue weighted by atomic mass is 10.1. The first-order chi connectivity index (χ1) is 11.1. The van der Waals surface area contributed by atoms with Crippen molar-refractivity contribution in [1.29, 1.82) is 0 Å². The molecule has 4 heteroatoms. The van der Waals surface area contributed by atoms with E-state index in [1.807, 2.05) is 24.5 Å². The zero-order valence-corrected chi connectivity index (χ0v) is 14.4. The van der Waals surface area contributed by atoms with E-state index in [9.17, 15) is 9.90 Å². The summed E-state index contributed by atoms with van der Waals surface area (Å²) in [6, 6.07) is 15.6. The average Bonchev–Trinajstić information content (AvgIpc) is 2.59. The van der Waals surface area contributed by atoms with E-state index in [-0.39, 0.29) is 17.6 Å². The van der Waals surface area contributed by atoms with Gasteiger partial charge in [0.1, 0.15) is 5.75 Å². The summed E-state index contributed by atoms with van der Waals surface area (Å²) in [4.78, 5) is 13.0. The highest BCUT2D eigenvalue weighted by molar-refractivity contribution is 7.98. The number of hydrogen-bond donors (Lipinski definition) is 2. The molecule has 3 nitrogen and oxygen atoms in total. The maximum atomic E-state index is 12.2. The zero-order chi connectivity index (χ0) is 16.7. The lowest BCUT2D eigenvalue weighted by Crippen LogP contribution is -2.31. The number of phenols is 1. The number of ketones is 1. The Morgan fingerprint density at radius 1 is 1.22 bits per heavy atom. The van der Waals surface area contributed by atoms with Crippen molar-refractivity contribution in [1.82, 2.24) is 5.32 Å². The number of aryl methyl sites for hydroxylation is 1. The molecule has 0 saturated carbocycles. The highest BCUT2D eigenvalue weighted by Gasteiger charge is 2.10. The third-order valence-electron chi connectivity index (χ3n) is 3.82. The predicted molar refractivity (Wildman–Crippen MR) is 96.4 cm³/mol. The zero-order valence-electron chi connectivity index (χ0n) is 13.6. The molecule has 0 aliphatic heterocycles. The molecule has 2 N–H and O–H groups in total. The Kier molecular flexibility index (Phi) is 6.68. The van der Waals surface area contributed by atoms with Crippen LogP contribution in [0.25, 0.3) is 0 Å². The maximum Gasteiger partial charge on any atom is 0.176 e. The molecule has 122 valence electrons. The van der Waals surface area contributed by atoms with Gasteiger partial charge < -0.3 is 10.4 Å². The highest BCUT2D eigenvalue weighted by atomic mass is 32.2. The lowest BCUT2D eigenvalue weighted by Gasteiger charge is -2.13. The van der Waals surface area contributed by atoms with Gasteiger partial charge in [-0.05, 0) is 49.8 Å². The number of aromatic hydroxyl groups is 1. The molecule has 1 atom stereocenters. The first kappa shape index (κ1) is 17.6. The standard InChI is InChI=1S/C19H23NO2S/c1-14(8-9-15-6-4-3-5-7-15)20-13-18(22)16-10-11-17(21)19(12-16)23-2/h3-7,10-12,14,20-21H,8-9,13H2,1-2H3. The van der Waals surface area contributed by atoms with E-state index in [1.165, 1.54) is 17.3 Å². The molecule has 0 heterocycles. The van der Waals surface area contributed by atoms with Gasteiger partial charge >= 0.3 is 0 Å². The number of rotatable bonds is 8. The minimum Gasteiger partial charge on any atom is -0.507 e. The van der Waals surface area contributed by atoms with Crippen LogP contribution in [0, 0.1) is 0 Å². The third-order valence-corrected chi connectivity index (χ3v) is 4.59. The van der Waals surface area contributed by atoms with Crippen molar-refractivity contribution in [2.45, 2.75) is 30.7 Å². The molecule has 0 aromatic heterocycles. The summed E-state index contributed by atoms with van der Waals surface area (Å²) < 4.78 is 0. The Bertz CT molecular complexity index is 643. The molecule has 2 aromatic carbocycles. The van der Waals surface area contributed by atoms with E-state index in [1.54, 1.807) is 18.2 Å². The summed E-state index contributed by atoms with van der Waals surface area (Å²) in [7, 11) is 0. The average molecular weight is 329 g/mol. The lowest BCUT2D eigenvalue weighted by molar-refractivity contribution is 0.0987. The normalized spacial score (nSPS) is 12.1. The van der Waals surface area contributed by atoms with E-state index in [2.05, 4.69) is 24.4 Å². The molecular weight excluding hydrogens is 306 g/mol. The van der Waals surface area contributed by atoms with Gasteiger partial charge in [-0.15, -0.1) is 11.8 Å². The van der Waals surface area contributed by atoms with Gasteiger partial charge in [-0.25, -0.2) is 0 Å². The minimum absolute atomic E-state index is 0.0480. The van der Waals surface area contributed by atoms with Crippen molar-refractivity contribution in [3.8, 4) is 5.75 Å². The van der Waals surface area contributed by atoms with Gasteiger partial charge in [0.25, 0.3) is 0 Å². The Balaban J connectivity index is 1.81. The molecule has 0 aliphatic rings. The van der Waals surface area contributed by atoms with Gasteiger partial charge in [-0.1, -0.05) is 30.3 Å². The quantitative estimate of drug-likeness (QED) is 0.569. The van der Waals surface area contributed by atoms with E-state index in [0.717, 1.165) is 17.7 Å². The first-order valence-corrected chi connectivity index (χ1v) is 9.00. The first-order valence-electron chi connectivity index (χ1n) is 7.77. The number of hydrogen-bond acceptors (Lipinski definition) is 4. The molecule has 0 saturated heterocycles. The van der Waals surface area contributed by atoms with Crippen molar-refractivity contribution in [2.75, 3.05) is 12.8 Å². The second-order valence-electron chi connectivity index (χ2n) is 5.62. The topological polar surface area (TPSA) is 49.3 Å². The molecule has 0 radical (unpaired) electrons. The summed E-state index contributed by atoms with van der Waals surface area (Å²) in [6.07, 6.45) is 3.87. The molecule has 0 spiro atoms. The summed E-state index contributed by atoms with van der Waals surface area (Å²) in [6.45, 7) is 2.41. The molecule has 2 rings (SSSR count). The smallest absolute Gasteiger partial charge is 0.176 e. The van der Waals surface area contributed by atoms with Crippen molar-refractivity contribution < 1.29 is 9.90 Å². The van der Waals surface area contributed by atoms with E-state index >= 15 is 0 Å². The maximum absolute atomic E-state index is 12.2. The summed E-state index contributed by atoms with van der Waals surface area (Å²) in [5.74, 6) is 0.269. The van der Waals surface area contributed by atoms with Gasteiger partial charge in [0, 0.05) is 16.5 Å². The molecule has 0 amide bonds. The third kappa shape index (κ3) is 5.41. The molecule has 0 fully saturated rings. The summed E-state index contributed by atoms with van der Waals surface area (Å²) in [5, 5.41) is 12.9. The second-order valence-corrected chi connectivity index (χ2v) is 6.46. The van der Waals surface area contributed by atoms with E-state index in [4.69, 9.17) is 0 Å². The molecule has 2 aromatic rings. The van der Waals surface area contributed by atoms with Crippen LogP contribution in [0.5, 0.6) is 5.75 Å². The predicted octanol–water partition coefficient (Wildman–Crippen LogP) is 3.91. The van der Waals surface area contributed by atoms with Crippen molar-refractivity contribution in [3.05, 3.63) is 59.7 Å². The second kappa shape index (κ2) is 8.75. The monoisotopic (exact) mass is 329 g/mol. The largest absolute Gasteiger partial charge is 0.507 e. The van der Waals surface area contributed by atoms with Crippen LogP contribution in [0.2, 0.25) is 0 Å². The van der Waals surface area contributed by atoms with Crippen molar-refractivity contribution in [2.24, 2.45) is 0 Å². The Labute approximate surface area is 142 Å². The Morgan fingerprint density at radius 2 is 1.96 bits per heavy atom. The van der Waals surface area contributed by atoms with Crippen LogP contribution in [0.3, 0.4) is 0 Å². The number of carbonyl (C=O) groups is 1. The SMILES string of the molecule is CSc1cc(C(=O)CNC(C)CCc2ccccc2)ccc1O. The fourth-order valence-corrected chi connectivity index (χ4v) is 2.87. The van der Waals surface area contributed by atoms with E-state index < -0.39 is 0 Å². The van der Waals surface area contributed by atoms with Crippen LogP contribution in [0.1, 0.15) is 29.3 Å². The van der Waals surface area contributed by atoms with Crippen LogP contribution >= 0.6 is 11.8 Å². The fraction of sp³-hybridized carbons (Fsp3) is 0.316. The number of phenolic OH excluding ortho intramolecular Hbond substituents is 1. The van der Waals surface area contributed by atoms with Gasteiger partial charge in [0.15, 0.2) is 5.78 Å². The number of benzene rings is 2. The van der Waals surface area contributed by atoms with Crippen LogP contribution in [0.4, 0.5) is 0 Å². The summed E-state index contributed by atoms with van der Waals surface area (Å²) in [5.41, 5.74) is 1.95. The highest BCUT2D eigenvalue weighted by Crippen LogP contribution is 2.27. The molecule has 0 bridgehead atoms. The number of Topliss-reactive ketones (excluding diaryl/α,β-unsaturated/α-hetero) is 1. The molecular formula is C19H23NO2S. The van der Waals surface area contributed by atoms with Gasteiger partial charge in [-0.2, -0.15) is 0 Å². The van der Waals surface area contributed by atoms with E-state index in [0.29, 0.717) is 12.1 Å². The molecule has 1 unspecified atom stereocenters. The Morgan fingerprint density at radius 3 is 2.65 bits per heavy atom. The van der Waals surface area contributed by atoms with Crippen molar-refractivity contribution in [3.63, 3.8) is 0 Å². The van der Waals surface area contributed by atoms with Crippen LogP contribution in [0.15, 0.2) is 53.4 Å². The van der Waals surface area contributed by atoms with Crippen molar-refractivity contribution >= 4 is 17.5 Å². The number of carbonyl (C=O) groups excluding carboxylic acids is 1. The number of thioether (sulfide) groups is 1. The van der Waals surface area contributed by atoms with Crippen LogP contribution in [-0.2, 0) is 6.42 Å².